The quantitative estimate of drug-likeness (QED) is 0.933. The second-order valence-electron chi connectivity index (χ2n) is 5.72. The predicted octanol–water partition coefficient (Wildman–Crippen LogP) is 2.42. The molecule has 6 heteroatoms. The molecule has 2 aromatic rings. The number of aromatic carboxylic acids is 1. The highest BCUT2D eigenvalue weighted by Gasteiger charge is 2.29. The third-order valence-electron chi connectivity index (χ3n) is 4.28. The van der Waals surface area contributed by atoms with Gasteiger partial charge in [0.15, 0.2) is 0 Å². The number of likely N-dealkylation sites (tertiary alicyclic amines) is 1. The molecule has 124 valence electrons. The number of carboxylic acids is 1. The molecule has 1 aromatic heterocycles. The standard InChI is InChI=1S/C18H18N2O4/c1-24-16-5-3-2-4-14(16)13-8-9-20(11-13)17(21)12-6-7-15(18(22)23)19-10-12/h2-7,10,13H,8-9,11H2,1H3,(H,22,23). The van der Waals surface area contributed by atoms with E-state index in [1.54, 1.807) is 12.0 Å². The Morgan fingerprint density at radius 1 is 1.25 bits per heavy atom. The van der Waals surface area contributed by atoms with E-state index in [0.29, 0.717) is 18.7 Å². The van der Waals surface area contributed by atoms with Crippen molar-refractivity contribution in [2.45, 2.75) is 12.3 Å². The number of hydrogen-bond donors (Lipinski definition) is 1. The number of aromatic nitrogens is 1. The smallest absolute Gasteiger partial charge is 0.354 e. The summed E-state index contributed by atoms with van der Waals surface area (Å²) in [4.78, 5) is 29.0. The number of amides is 1. The molecule has 1 N–H and O–H groups in total. The molecule has 0 radical (unpaired) electrons. The summed E-state index contributed by atoms with van der Waals surface area (Å²) >= 11 is 0. The second kappa shape index (κ2) is 6.70. The predicted molar refractivity (Wildman–Crippen MR) is 87.5 cm³/mol. The normalized spacial score (nSPS) is 16.9. The average molecular weight is 326 g/mol. The highest BCUT2D eigenvalue weighted by atomic mass is 16.5. The number of hydrogen-bond acceptors (Lipinski definition) is 4. The fraction of sp³-hybridized carbons (Fsp3) is 0.278. The first kappa shape index (κ1) is 16.0. The maximum Gasteiger partial charge on any atom is 0.354 e. The third-order valence-corrected chi connectivity index (χ3v) is 4.28. The molecular formula is C18H18N2O4. The van der Waals surface area contributed by atoms with Gasteiger partial charge in [0.2, 0.25) is 0 Å². The summed E-state index contributed by atoms with van der Waals surface area (Å²) in [5, 5.41) is 8.87. The first-order chi connectivity index (χ1) is 11.6. The van der Waals surface area contributed by atoms with Crippen LogP contribution in [0, 0.1) is 0 Å². The summed E-state index contributed by atoms with van der Waals surface area (Å²) in [6, 6.07) is 10.7. The Labute approximate surface area is 139 Å². The highest BCUT2D eigenvalue weighted by molar-refractivity contribution is 5.95. The summed E-state index contributed by atoms with van der Waals surface area (Å²) in [6.07, 6.45) is 2.19. The summed E-state index contributed by atoms with van der Waals surface area (Å²) in [7, 11) is 1.65. The van der Waals surface area contributed by atoms with Gasteiger partial charge in [0.05, 0.1) is 12.7 Å². The zero-order valence-corrected chi connectivity index (χ0v) is 13.3. The van der Waals surface area contributed by atoms with Crippen LogP contribution in [0.4, 0.5) is 0 Å². The SMILES string of the molecule is COc1ccccc1C1CCN(C(=O)c2ccc(C(=O)O)nc2)C1. The number of methoxy groups -OCH3 is 1. The van der Waals surface area contributed by atoms with Crippen LogP contribution in [0.15, 0.2) is 42.6 Å². The summed E-state index contributed by atoms with van der Waals surface area (Å²) in [5.74, 6) is -0.163. The van der Waals surface area contributed by atoms with Crippen LogP contribution in [-0.4, -0.2) is 47.1 Å². The molecule has 1 atom stereocenters. The zero-order valence-electron chi connectivity index (χ0n) is 13.3. The van der Waals surface area contributed by atoms with Crippen molar-refractivity contribution in [3.05, 3.63) is 59.4 Å². The van der Waals surface area contributed by atoms with E-state index in [1.807, 2.05) is 24.3 Å². The first-order valence-corrected chi connectivity index (χ1v) is 7.71. The summed E-state index contributed by atoms with van der Waals surface area (Å²) in [6.45, 7) is 1.27. The van der Waals surface area contributed by atoms with Gasteiger partial charge < -0.3 is 14.7 Å². The average Bonchev–Trinajstić information content (AvgIpc) is 3.11. The number of nitrogens with zero attached hydrogens (tertiary/aromatic N) is 2. The lowest BCUT2D eigenvalue weighted by molar-refractivity contribution is 0.0688. The van der Waals surface area contributed by atoms with Gasteiger partial charge in [0.25, 0.3) is 5.91 Å². The molecule has 1 saturated heterocycles. The van der Waals surface area contributed by atoms with E-state index < -0.39 is 5.97 Å². The number of para-hydroxylation sites is 1. The molecule has 1 unspecified atom stereocenters. The van der Waals surface area contributed by atoms with E-state index in [2.05, 4.69) is 4.98 Å². The fourth-order valence-corrected chi connectivity index (χ4v) is 3.03. The largest absolute Gasteiger partial charge is 0.496 e. The number of pyridine rings is 1. The van der Waals surface area contributed by atoms with Crippen LogP contribution in [0.3, 0.4) is 0 Å². The molecule has 1 fully saturated rings. The van der Waals surface area contributed by atoms with Crippen molar-refractivity contribution in [1.29, 1.82) is 0 Å². The van der Waals surface area contributed by atoms with Crippen LogP contribution in [0.2, 0.25) is 0 Å². The minimum Gasteiger partial charge on any atom is -0.496 e. The Hall–Kier alpha value is -2.89. The van der Waals surface area contributed by atoms with Gasteiger partial charge in [0, 0.05) is 25.2 Å². The fourth-order valence-electron chi connectivity index (χ4n) is 3.03. The highest BCUT2D eigenvalue weighted by Crippen LogP contribution is 2.33. The van der Waals surface area contributed by atoms with Crippen LogP contribution in [0.25, 0.3) is 0 Å². The van der Waals surface area contributed by atoms with Gasteiger partial charge in [-0.3, -0.25) is 4.79 Å². The van der Waals surface area contributed by atoms with Crippen molar-refractivity contribution in [3.8, 4) is 5.75 Å². The molecule has 2 heterocycles. The van der Waals surface area contributed by atoms with Crippen LogP contribution >= 0.6 is 0 Å². The van der Waals surface area contributed by atoms with Gasteiger partial charge in [0.1, 0.15) is 11.4 Å². The lowest BCUT2D eigenvalue weighted by atomic mass is 9.97. The van der Waals surface area contributed by atoms with Crippen LogP contribution in [-0.2, 0) is 0 Å². The Bertz CT molecular complexity index is 758. The number of carbonyl (C=O) groups excluding carboxylic acids is 1. The van der Waals surface area contributed by atoms with Crippen molar-refractivity contribution >= 4 is 11.9 Å². The molecule has 0 bridgehead atoms. The Balaban J connectivity index is 1.73. The van der Waals surface area contributed by atoms with Crippen molar-refractivity contribution in [1.82, 2.24) is 9.88 Å². The molecule has 24 heavy (non-hydrogen) atoms. The minimum absolute atomic E-state index is 0.0696. The van der Waals surface area contributed by atoms with Gasteiger partial charge in [-0.1, -0.05) is 18.2 Å². The maximum atomic E-state index is 12.6. The molecule has 1 amide bonds. The Morgan fingerprint density at radius 3 is 2.71 bits per heavy atom. The van der Waals surface area contributed by atoms with Gasteiger partial charge in [-0.25, -0.2) is 9.78 Å². The monoisotopic (exact) mass is 326 g/mol. The van der Waals surface area contributed by atoms with Crippen LogP contribution in [0.1, 0.15) is 38.7 Å². The van der Waals surface area contributed by atoms with E-state index in [0.717, 1.165) is 17.7 Å². The maximum absolute atomic E-state index is 12.6. The lowest BCUT2D eigenvalue weighted by Gasteiger charge is -2.18. The number of carboxylic acid groups (broad SMARTS) is 1. The number of ether oxygens (including phenoxy) is 1. The number of carbonyl (C=O) groups is 2. The first-order valence-electron chi connectivity index (χ1n) is 7.71. The molecule has 0 aliphatic carbocycles. The van der Waals surface area contributed by atoms with E-state index in [4.69, 9.17) is 9.84 Å². The van der Waals surface area contributed by atoms with E-state index in [1.165, 1.54) is 18.3 Å². The van der Waals surface area contributed by atoms with Crippen molar-refractivity contribution in [3.63, 3.8) is 0 Å². The zero-order chi connectivity index (χ0) is 17.1. The van der Waals surface area contributed by atoms with Crippen molar-refractivity contribution in [2.24, 2.45) is 0 Å². The molecule has 6 nitrogen and oxygen atoms in total. The third kappa shape index (κ3) is 3.08. The molecule has 3 rings (SSSR count). The van der Waals surface area contributed by atoms with E-state index in [-0.39, 0.29) is 17.5 Å². The Morgan fingerprint density at radius 2 is 2.04 bits per heavy atom. The lowest BCUT2D eigenvalue weighted by Crippen LogP contribution is -2.28. The molecule has 1 aliphatic rings. The topological polar surface area (TPSA) is 79.7 Å². The van der Waals surface area contributed by atoms with Crippen molar-refractivity contribution in [2.75, 3.05) is 20.2 Å². The number of benzene rings is 1. The molecular weight excluding hydrogens is 308 g/mol. The van der Waals surface area contributed by atoms with Crippen LogP contribution in [0.5, 0.6) is 5.75 Å². The van der Waals surface area contributed by atoms with E-state index in [9.17, 15) is 9.59 Å². The van der Waals surface area contributed by atoms with Crippen LogP contribution < -0.4 is 4.74 Å². The molecule has 1 aromatic carbocycles. The molecule has 0 saturated carbocycles. The van der Waals surface area contributed by atoms with Gasteiger partial charge in [-0.2, -0.15) is 0 Å². The van der Waals surface area contributed by atoms with Gasteiger partial charge >= 0.3 is 5.97 Å². The second-order valence-corrected chi connectivity index (χ2v) is 5.72. The van der Waals surface area contributed by atoms with Gasteiger partial charge in [-0.15, -0.1) is 0 Å². The van der Waals surface area contributed by atoms with Gasteiger partial charge in [-0.05, 0) is 30.2 Å². The minimum atomic E-state index is -1.11. The van der Waals surface area contributed by atoms with Crippen molar-refractivity contribution < 1.29 is 19.4 Å². The number of rotatable bonds is 4. The van der Waals surface area contributed by atoms with E-state index >= 15 is 0 Å². The molecule has 0 spiro atoms. The summed E-state index contributed by atoms with van der Waals surface area (Å²) < 4.78 is 5.40. The molecule has 1 aliphatic heterocycles. The summed E-state index contributed by atoms with van der Waals surface area (Å²) in [5.41, 5.74) is 1.44. The Kier molecular flexibility index (Phi) is 4.46.